The molecule has 3 aliphatic carbocycles. The lowest BCUT2D eigenvalue weighted by Gasteiger charge is -2.58. The molecule has 4 heteroatoms. The lowest BCUT2D eigenvalue weighted by molar-refractivity contribution is -0.120. The van der Waals surface area contributed by atoms with Crippen LogP contribution < -0.4 is 0 Å². The summed E-state index contributed by atoms with van der Waals surface area (Å²) in [7, 11) is 1.38. The first-order chi connectivity index (χ1) is 12.1. The van der Waals surface area contributed by atoms with E-state index in [1.165, 1.54) is 12.7 Å². The summed E-state index contributed by atoms with van der Waals surface area (Å²) in [5.41, 5.74) is 1.63. The Morgan fingerprint density at radius 3 is 2.62 bits per heavy atom. The van der Waals surface area contributed by atoms with Crippen molar-refractivity contribution in [1.82, 2.24) is 0 Å². The molecule has 3 aliphatic rings. The number of aliphatic hydroxyl groups is 1. The Bertz CT molecular complexity index is 741. The third kappa shape index (κ3) is 2.65. The number of ether oxygens (including phenoxy) is 1. The van der Waals surface area contributed by atoms with Crippen LogP contribution in [0.25, 0.3) is 0 Å². The normalized spacial score (nSPS) is 37.9. The average molecular weight is 358 g/mol. The van der Waals surface area contributed by atoms with E-state index < -0.39 is 11.5 Å². The topological polar surface area (TPSA) is 63.6 Å². The zero-order valence-electron chi connectivity index (χ0n) is 16.5. The highest BCUT2D eigenvalue weighted by molar-refractivity contribution is 6.20. The summed E-state index contributed by atoms with van der Waals surface area (Å²) in [6.07, 6.45) is 8.22. The molecule has 4 unspecified atom stereocenters. The molecule has 4 nitrogen and oxygen atoms in total. The Morgan fingerprint density at radius 2 is 1.96 bits per heavy atom. The van der Waals surface area contributed by atoms with Crippen molar-refractivity contribution >= 4 is 11.6 Å². The number of rotatable bonds is 3. The van der Waals surface area contributed by atoms with Crippen LogP contribution in [-0.2, 0) is 14.3 Å². The molecule has 0 bridgehead atoms. The molecular weight excluding hydrogens is 328 g/mol. The van der Waals surface area contributed by atoms with Crippen molar-refractivity contribution in [2.75, 3.05) is 7.11 Å². The number of carbonyl (C=O) groups is 2. The molecule has 0 spiro atoms. The van der Waals surface area contributed by atoms with Crippen LogP contribution in [0.1, 0.15) is 59.8 Å². The largest absolute Gasteiger partial charge is 0.504 e. The highest BCUT2D eigenvalue weighted by Crippen LogP contribution is 2.62. The van der Waals surface area contributed by atoms with Gasteiger partial charge in [-0.2, -0.15) is 0 Å². The molecule has 0 radical (unpaired) electrons. The number of aliphatic hydroxyl groups excluding tert-OH is 1. The second-order valence-corrected chi connectivity index (χ2v) is 8.79. The summed E-state index contributed by atoms with van der Waals surface area (Å²) in [6, 6.07) is 0. The van der Waals surface area contributed by atoms with E-state index in [2.05, 4.69) is 33.8 Å². The summed E-state index contributed by atoms with van der Waals surface area (Å²) in [6.45, 7) is 9.05. The van der Waals surface area contributed by atoms with Crippen LogP contribution in [0.3, 0.4) is 0 Å². The zero-order chi connectivity index (χ0) is 19.3. The van der Waals surface area contributed by atoms with Gasteiger partial charge in [-0.05, 0) is 61.7 Å². The molecule has 0 aromatic carbocycles. The SMILES string of the molecule is COC1=CC(=O)C(O)=C(CC2(C)C(C)CCC3(C)C(C)=CCCC32)C1=O. The van der Waals surface area contributed by atoms with E-state index in [0.29, 0.717) is 18.3 Å². The molecule has 1 saturated carbocycles. The van der Waals surface area contributed by atoms with Crippen LogP contribution in [0.4, 0.5) is 0 Å². The van der Waals surface area contributed by atoms with Crippen LogP contribution in [0, 0.1) is 22.7 Å². The van der Waals surface area contributed by atoms with Gasteiger partial charge in [0.15, 0.2) is 11.5 Å². The molecule has 4 atom stereocenters. The second-order valence-electron chi connectivity index (χ2n) is 8.79. The highest BCUT2D eigenvalue weighted by Gasteiger charge is 2.54. The van der Waals surface area contributed by atoms with Crippen LogP contribution >= 0.6 is 0 Å². The molecule has 1 fully saturated rings. The number of hydrogen-bond donors (Lipinski definition) is 1. The number of Topliss-reactive ketones (excluding diaryl/α,β-unsaturated/α-hetero) is 1. The Balaban J connectivity index is 2.02. The molecule has 3 rings (SSSR count). The van der Waals surface area contributed by atoms with Crippen LogP contribution in [-0.4, -0.2) is 23.8 Å². The fraction of sp³-hybridized carbons (Fsp3) is 0.636. The average Bonchev–Trinajstić information content (AvgIpc) is 2.61. The van der Waals surface area contributed by atoms with E-state index in [1.807, 2.05) is 0 Å². The van der Waals surface area contributed by atoms with Gasteiger partial charge in [-0.1, -0.05) is 32.4 Å². The lowest BCUT2D eigenvalue weighted by atomic mass is 9.46. The van der Waals surface area contributed by atoms with E-state index >= 15 is 0 Å². The van der Waals surface area contributed by atoms with Crippen LogP contribution in [0.2, 0.25) is 0 Å². The summed E-state index contributed by atoms with van der Waals surface area (Å²) in [5, 5.41) is 10.4. The molecule has 0 heterocycles. The predicted molar refractivity (Wildman–Crippen MR) is 100 cm³/mol. The van der Waals surface area contributed by atoms with Gasteiger partial charge in [0.2, 0.25) is 11.6 Å². The van der Waals surface area contributed by atoms with E-state index in [0.717, 1.165) is 31.8 Å². The molecule has 142 valence electrons. The standard InChI is InChI=1S/C22H30O4/c1-13-7-6-8-18-21(13,3)10-9-14(2)22(18,4)12-15-19(24)16(23)11-17(26-5)20(15)25/h7,11,14,18,24H,6,8-10,12H2,1-5H3. The Morgan fingerprint density at radius 1 is 1.27 bits per heavy atom. The van der Waals surface area contributed by atoms with E-state index in [4.69, 9.17) is 4.74 Å². The van der Waals surface area contributed by atoms with Gasteiger partial charge in [-0.3, -0.25) is 9.59 Å². The van der Waals surface area contributed by atoms with Crippen molar-refractivity contribution in [3.63, 3.8) is 0 Å². The maximum absolute atomic E-state index is 12.8. The number of carbonyl (C=O) groups excluding carboxylic acids is 2. The fourth-order valence-electron chi connectivity index (χ4n) is 5.56. The Labute approximate surface area is 156 Å². The van der Waals surface area contributed by atoms with Crippen molar-refractivity contribution in [3.05, 3.63) is 34.8 Å². The van der Waals surface area contributed by atoms with E-state index in [-0.39, 0.29) is 27.9 Å². The fourth-order valence-corrected chi connectivity index (χ4v) is 5.56. The summed E-state index contributed by atoms with van der Waals surface area (Å²) >= 11 is 0. The van der Waals surface area contributed by atoms with Gasteiger partial charge in [0, 0.05) is 11.6 Å². The first-order valence-electron chi connectivity index (χ1n) is 9.59. The zero-order valence-corrected chi connectivity index (χ0v) is 16.5. The van der Waals surface area contributed by atoms with Crippen molar-refractivity contribution in [1.29, 1.82) is 0 Å². The third-order valence-corrected chi connectivity index (χ3v) is 7.65. The first kappa shape index (κ1) is 18.9. The van der Waals surface area contributed by atoms with Crippen molar-refractivity contribution in [2.24, 2.45) is 22.7 Å². The molecular formula is C22H30O4. The molecule has 1 N–H and O–H groups in total. The van der Waals surface area contributed by atoms with Gasteiger partial charge >= 0.3 is 0 Å². The van der Waals surface area contributed by atoms with Gasteiger partial charge in [0.25, 0.3) is 0 Å². The van der Waals surface area contributed by atoms with E-state index in [1.54, 1.807) is 0 Å². The molecule has 0 aromatic heterocycles. The van der Waals surface area contributed by atoms with Crippen LogP contribution in [0.5, 0.6) is 0 Å². The lowest BCUT2D eigenvalue weighted by Crippen LogP contribution is -2.50. The molecule has 0 aromatic rings. The summed E-state index contributed by atoms with van der Waals surface area (Å²) < 4.78 is 5.08. The van der Waals surface area contributed by atoms with Gasteiger partial charge in [0.1, 0.15) is 0 Å². The van der Waals surface area contributed by atoms with Gasteiger partial charge < -0.3 is 9.84 Å². The maximum Gasteiger partial charge on any atom is 0.227 e. The molecule has 0 aliphatic heterocycles. The summed E-state index contributed by atoms with van der Waals surface area (Å²) in [5.74, 6) is -0.438. The molecule has 0 saturated heterocycles. The number of methoxy groups -OCH3 is 1. The minimum absolute atomic E-state index is 0.0253. The predicted octanol–water partition coefficient (Wildman–Crippen LogP) is 4.67. The van der Waals surface area contributed by atoms with Crippen molar-refractivity contribution < 1.29 is 19.4 Å². The highest BCUT2D eigenvalue weighted by atomic mass is 16.5. The Hall–Kier alpha value is -1.84. The summed E-state index contributed by atoms with van der Waals surface area (Å²) in [4.78, 5) is 24.9. The first-order valence-corrected chi connectivity index (χ1v) is 9.59. The monoisotopic (exact) mass is 358 g/mol. The quantitative estimate of drug-likeness (QED) is 0.588. The van der Waals surface area contributed by atoms with Gasteiger partial charge in [-0.25, -0.2) is 0 Å². The number of allylic oxidation sites excluding steroid dienone is 4. The van der Waals surface area contributed by atoms with Crippen LogP contribution in [0.15, 0.2) is 34.8 Å². The third-order valence-electron chi connectivity index (χ3n) is 7.65. The minimum Gasteiger partial charge on any atom is -0.504 e. The smallest absolute Gasteiger partial charge is 0.227 e. The van der Waals surface area contributed by atoms with Gasteiger partial charge in [-0.15, -0.1) is 0 Å². The molecule has 26 heavy (non-hydrogen) atoms. The van der Waals surface area contributed by atoms with Crippen molar-refractivity contribution in [2.45, 2.75) is 59.8 Å². The number of hydrogen-bond acceptors (Lipinski definition) is 4. The minimum atomic E-state index is -0.536. The van der Waals surface area contributed by atoms with Gasteiger partial charge in [0.05, 0.1) is 7.11 Å². The number of ketones is 2. The molecule has 0 amide bonds. The van der Waals surface area contributed by atoms with E-state index in [9.17, 15) is 14.7 Å². The maximum atomic E-state index is 12.8. The Kier molecular flexibility index (Phi) is 4.66. The van der Waals surface area contributed by atoms with Crippen molar-refractivity contribution in [3.8, 4) is 0 Å². The second kappa shape index (κ2) is 6.40. The number of fused-ring (bicyclic) bond motifs is 1.